The minimum Gasteiger partial charge on any atom is -0.378 e. The minimum absolute atomic E-state index is 0.0603. The molecule has 1 aliphatic rings. The van der Waals surface area contributed by atoms with Crippen LogP contribution in [0.1, 0.15) is 22.1 Å². The van der Waals surface area contributed by atoms with Crippen molar-refractivity contribution in [2.75, 3.05) is 29.2 Å². The third-order valence-corrected chi connectivity index (χ3v) is 5.46. The van der Waals surface area contributed by atoms with Crippen molar-refractivity contribution in [1.82, 2.24) is 4.98 Å². The van der Waals surface area contributed by atoms with Crippen molar-refractivity contribution >= 4 is 34.0 Å². The molecular weight excluding hydrogens is 372 g/mol. The summed E-state index contributed by atoms with van der Waals surface area (Å²) < 4.78 is 0. The Morgan fingerprint density at radius 3 is 2.33 bits per heavy atom. The second-order valence-corrected chi connectivity index (χ2v) is 7.62. The number of fused-ring (bicyclic) bond motifs is 2. The highest BCUT2D eigenvalue weighted by Gasteiger charge is 2.35. The van der Waals surface area contributed by atoms with Gasteiger partial charge in [-0.15, -0.1) is 0 Å². The molecule has 0 aliphatic carbocycles. The average Bonchev–Trinajstić information content (AvgIpc) is 2.78. The molecule has 0 bridgehead atoms. The number of pyridine rings is 1. The molecule has 0 unspecified atom stereocenters. The lowest BCUT2D eigenvalue weighted by atomic mass is 10.0. The first kappa shape index (κ1) is 18.2. The lowest BCUT2D eigenvalue weighted by Gasteiger charge is -2.37. The number of nitrogens with one attached hydrogen (secondary N) is 1. The molecule has 0 spiro atoms. The largest absolute Gasteiger partial charge is 0.378 e. The van der Waals surface area contributed by atoms with Crippen molar-refractivity contribution in [3.8, 4) is 0 Å². The number of hydrogen-bond acceptors (Lipinski definition) is 4. The summed E-state index contributed by atoms with van der Waals surface area (Å²) in [7, 11) is 4.03. The predicted molar refractivity (Wildman–Crippen MR) is 122 cm³/mol. The molecule has 0 radical (unpaired) electrons. The zero-order chi connectivity index (χ0) is 20.7. The molecule has 1 amide bonds. The van der Waals surface area contributed by atoms with Gasteiger partial charge in [-0.3, -0.25) is 9.69 Å². The van der Waals surface area contributed by atoms with Crippen LogP contribution in [-0.2, 0) is 0 Å². The van der Waals surface area contributed by atoms with Crippen molar-refractivity contribution in [2.24, 2.45) is 0 Å². The first-order valence-electron chi connectivity index (χ1n) is 9.94. The zero-order valence-corrected chi connectivity index (χ0v) is 16.9. The maximum absolute atomic E-state index is 13.7. The Bertz CT molecular complexity index is 1220. The minimum atomic E-state index is -0.350. The molecule has 0 saturated carbocycles. The van der Waals surface area contributed by atoms with E-state index in [4.69, 9.17) is 4.98 Å². The fraction of sp³-hybridized carbons (Fsp3) is 0.120. The topological polar surface area (TPSA) is 48.5 Å². The average molecular weight is 394 g/mol. The van der Waals surface area contributed by atoms with Gasteiger partial charge in [0.1, 0.15) is 12.0 Å². The lowest BCUT2D eigenvalue weighted by molar-refractivity contribution is 0.0974. The van der Waals surface area contributed by atoms with E-state index < -0.39 is 0 Å². The fourth-order valence-electron chi connectivity index (χ4n) is 3.87. The number of anilines is 3. The molecule has 1 atom stereocenters. The summed E-state index contributed by atoms with van der Waals surface area (Å²) in [6, 6.07) is 27.8. The van der Waals surface area contributed by atoms with Gasteiger partial charge in [-0.1, -0.05) is 48.5 Å². The van der Waals surface area contributed by atoms with Gasteiger partial charge in [-0.05, 0) is 42.0 Å². The van der Waals surface area contributed by atoms with Gasteiger partial charge in [0.15, 0.2) is 0 Å². The number of aromatic nitrogens is 1. The van der Waals surface area contributed by atoms with Gasteiger partial charge < -0.3 is 10.2 Å². The van der Waals surface area contributed by atoms with Crippen LogP contribution >= 0.6 is 0 Å². The van der Waals surface area contributed by atoms with Crippen LogP contribution in [0.5, 0.6) is 0 Å². The number of benzene rings is 3. The van der Waals surface area contributed by atoms with E-state index in [-0.39, 0.29) is 12.1 Å². The number of rotatable bonds is 3. The van der Waals surface area contributed by atoms with Crippen molar-refractivity contribution in [3.05, 3.63) is 96.1 Å². The molecule has 1 N–H and O–H groups in total. The smallest absolute Gasteiger partial charge is 0.264 e. The third-order valence-electron chi connectivity index (χ3n) is 5.46. The number of amides is 1. The van der Waals surface area contributed by atoms with Crippen molar-refractivity contribution in [3.63, 3.8) is 0 Å². The first-order chi connectivity index (χ1) is 14.6. The molecule has 1 aliphatic heterocycles. The van der Waals surface area contributed by atoms with Crippen molar-refractivity contribution < 1.29 is 4.79 Å². The summed E-state index contributed by atoms with van der Waals surface area (Å²) in [5.74, 6) is 0.558. The second kappa shape index (κ2) is 7.19. The monoisotopic (exact) mass is 394 g/mol. The summed E-state index contributed by atoms with van der Waals surface area (Å²) in [5, 5.41) is 4.47. The number of carbonyl (C=O) groups excluding carboxylic acids is 1. The molecule has 0 saturated heterocycles. The van der Waals surface area contributed by atoms with E-state index in [1.807, 2.05) is 79.7 Å². The van der Waals surface area contributed by atoms with E-state index in [0.717, 1.165) is 27.8 Å². The van der Waals surface area contributed by atoms with E-state index in [1.54, 1.807) is 0 Å². The number of para-hydroxylation sites is 2. The van der Waals surface area contributed by atoms with Gasteiger partial charge >= 0.3 is 0 Å². The Hall–Kier alpha value is -3.86. The van der Waals surface area contributed by atoms with Gasteiger partial charge in [-0.25, -0.2) is 4.98 Å². The molecule has 5 heteroatoms. The Labute approximate surface area is 175 Å². The van der Waals surface area contributed by atoms with Crippen LogP contribution in [0.25, 0.3) is 10.9 Å². The highest BCUT2D eigenvalue weighted by atomic mass is 16.2. The summed E-state index contributed by atoms with van der Waals surface area (Å²) in [5.41, 5.74) is 4.40. The number of nitrogens with zero attached hydrogens (tertiary/aromatic N) is 3. The Balaban J connectivity index is 1.66. The highest BCUT2D eigenvalue weighted by Crippen LogP contribution is 2.37. The fourth-order valence-corrected chi connectivity index (χ4v) is 3.87. The molecule has 1 aromatic heterocycles. The third kappa shape index (κ3) is 3.05. The number of carbonyl (C=O) groups is 1. The normalized spacial score (nSPS) is 15.6. The summed E-state index contributed by atoms with van der Waals surface area (Å²) in [6.07, 6.45) is -0.350. The van der Waals surface area contributed by atoms with E-state index in [2.05, 4.69) is 34.5 Å². The Kier molecular flexibility index (Phi) is 4.36. The standard InChI is InChI=1S/C25H22N4O/c1-28(2)19-14-12-17(13-15-19)24-27-23-21(16-18-8-6-7-11-22(18)26-23)25(30)29(24)20-9-4-3-5-10-20/h3-16,24H,1-2H3,(H,26,27)/t24-/m1/s1. The van der Waals surface area contributed by atoms with Crippen LogP contribution in [0.3, 0.4) is 0 Å². The maximum Gasteiger partial charge on any atom is 0.264 e. The van der Waals surface area contributed by atoms with Crippen LogP contribution in [0, 0.1) is 0 Å². The van der Waals surface area contributed by atoms with E-state index in [1.165, 1.54) is 0 Å². The Morgan fingerprint density at radius 2 is 1.60 bits per heavy atom. The van der Waals surface area contributed by atoms with Gasteiger partial charge in [0.2, 0.25) is 0 Å². The first-order valence-corrected chi connectivity index (χ1v) is 9.94. The molecule has 4 aromatic rings. The van der Waals surface area contributed by atoms with Crippen molar-refractivity contribution in [2.45, 2.75) is 6.17 Å². The van der Waals surface area contributed by atoms with Gasteiger partial charge in [0, 0.05) is 30.9 Å². The lowest BCUT2D eigenvalue weighted by Crippen LogP contribution is -2.43. The molecule has 2 heterocycles. The summed E-state index contributed by atoms with van der Waals surface area (Å²) in [4.78, 5) is 22.3. The van der Waals surface area contributed by atoms with E-state index in [9.17, 15) is 4.79 Å². The molecule has 30 heavy (non-hydrogen) atoms. The molecule has 5 rings (SSSR count). The van der Waals surface area contributed by atoms with Crippen LogP contribution < -0.4 is 15.1 Å². The summed E-state index contributed by atoms with van der Waals surface area (Å²) >= 11 is 0. The Morgan fingerprint density at radius 1 is 0.900 bits per heavy atom. The number of hydrogen-bond donors (Lipinski definition) is 1. The van der Waals surface area contributed by atoms with Gasteiger partial charge in [0.25, 0.3) is 5.91 Å². The van der Waals surface area contributed by atoms with Crippen LogP contribution in [-0.4, -0.2) is 25.0 Å². The van der Waals surface area contributed by atoms with Crippen molar-refractivity contribution in [1.29, 1.82) is 0 Å². The maximum atomic E-state index is 13.7. The van der Waals surface area contributed by atoms with Crippen LogP contribution in [0.4, 0.5) is 17.2 Å². The van der Waals surface area contributed by atoms with Crippen LogP contribution in [0.2, 0.25) is 0 Å². The molecule has 0 fully saturated rings. The molecule has 3 aromatic carbocycles. The van der Waals surface area contributed by atoms with E-state index in [0.29, 0.717) is 11.4 Å². The van der Waals surface area contributed by atoms with Crippen LogP contribution in [0.15, 0.2) is 84.9 Å². The SMILES string of the molecule is CN(C)c1ccc([C@@H]2Nc3nc4ccccc4cc3C(=O)N2c2ccccc2)cc1. The summed E-state index contributed by atoms with van der Waals surface area (Å²) in [6.45, 7) is 0. The molecular formula is C25H22N4O. The van der Waals surface area contributed by atoms with Gasteiger partial charge in [-0.2, -0.15) is 0 Å². The molecule has 5 nitrogen and oxygen atoms in total. The quantitative estimate of drug-likeness (QED) is 0.527. The predicted octanol–water partition coefficient (Wildman–Crippen LogP) is 5.07. The van der Waals surface area contributed by atoms with Gasteiger partial charge in [0.05, 0.1) is 11.1 Å². The zero-order valence-electron chi connectivity index (χ0n) is 16.9. The second-order valence-electron chi connectivity index (χ2n) is 7.62. The van der Waals surface area contributed by atoms with E-state index >= 15 is 0 Å². The molecule has 148 valence electrons. The highest BCUT2D eigenvalue weighted by molar-refractivity contribution is 6.13.